The molecule has 1 atom stereocenters. The number of nitrogens with one attached hydrogen (secondary N) is 1. The Bertz CT molecular complexity index is 1420. The van der Waals surface area contributed by atoms with E-state index in [1.165, 1.54) is 47.4 Å². The number of anilines is 1. The van der Waals surface area contributed by atoms with Crippen LogP contribution >= 0.6 is 11.6 Å². The summed E-state index contributed by atoms with van der Waals surface area (Å²) in [7, 11) is -4.20. The zero-order valence-corrected chi connectivity index (χ0v) is 24.7. The van der Waals surface area contributed by atoms with Crippen molar-refractivity contribution in [1.29, 1.82) is 0 Å². The Morgan fingerprint density at radius 1 is 1.00 bits per heavy atom. The van der Waals surface area contributed by atoms with E-state index in [4.69, 9.17) is 11.6 Å². The number of carbonyl (C=O) groups excluding carboxylic acids is 2. The van der Waals surface area contributed by atoms with Crippen LogP contribution in [0.4, 0.5) is 10.1 Å². The van der Waals surface area contributed by atoms with Gasteiger partial charge in [0.05, 0.1) is 10.6 Å². The van der Waals surface area contributed by atoms with E-state index in [1.54, 1.807) is 44.2 Å². The summed E-state index contributed by atoms with van der Waals surface area (Å²) in [5.74, 6) is -1.17. The summed E-state index contributed by atoms with van der Waals surface area (Å²) < 4.78 is 42.4. The number of benzene rings is 3. The minimum absolute atomic E-state index is 0.00831. The lowest BCUT2D eigenvalue weighted by molar-refractivity contribution is -0.140. The zero-order valence-electron chi connectivity index (χ0n) is 23.1. The van der Waals surface area contributed by atoms with Gasteiger partial charge in [0.15, 0.2) is 0 Å². The van der Waals surface area contributed by atoms with Gasteiger partial charge in [-0.2, -0.15) is 0 Å². The van der Waals surface area contributed by atoms with Gasteiger partial charge in [-0.25, -0.2) is 12.8 Å². The molecule has 10 heteroatoms. The first-order valence-corrected chi connectivity index (χ1v) is 14.9. The Morgan fingerprint density at radius 3 is 2.25 bits per heavy atom. The van der Waals surface area contributed by atoms with Gasteiger partial charge in [0.25, 0.3) is 10.0 Å². The topological polar surface area (TPSA) is 86.8 Å². The predicted molar refractivity (Wildman–Crippen MR) is 156 cm³/mol. The first-order chi connectivity index (χ1) is 18.9. The molecule has 40 heavy (non-hydrogen) atoms. The van der Waals surface area contributed by atoms with Crippen LogP contribution in [0.15, 0.2) is 77.7 Å². The Kier molecular flexibility index (Phi) is 10.7. The SMILES string of the molecule is CC[C@@H](C(=O)NCC(C)C)N(Cc1ccc(F)cc1)C(=O)CN(c1cc(Cl)ccc1C)S(=O)(=O)c1ccccc1. The number of carbonyl (C=O) groups is 2. The molecule has 0 radical (unpaired) electrons. The van der Waals surface area contributed by atoms with Gasteiger partial charge < -0.3 is 10.2 Å². The first kappa shape index (κ1) is 31.1. The molecule has 0 saturated heterocycles. The highest BCUT2D eigenvalue weighted by atomic mass is 35.5. The molecule has 0 aliphatic rings. The molecule has 0 bridgehead atoms. The third-order valence-corrected chi connectivity index (χ3v) is 8.40. The van der Waals surface area contributed by atoms with Gasteiger partial charge in [0, 0.05) is 18.1 Å². The van der Waals surface area contributed by atoms with Gasteiger partial charge in [0.1, 0.15) is 18.4 Å². The fraction of sp³-hybridized carbons (Fsp3) is 0.333. The highest BCUT2D eigenvalue weighted by Crippen LogP contribution is 2.30. The average Bonchev–Trinajstić information content (AvgIpc) is 2.93. The van der Waals surface area contributed by atoms with Crippen molar-refractivity contribution in [2.24, 2.45) is 5.92 Å². The quantitative estimate of drug-likeness (QED) is 0.300. The number of hydrogen-bond acceptors (Lipinski definition) is 4. The van der Waals surface area contributed by atoms with E-state index < -0.39 is 34.3 Å². The van der Waals surface area contributed by atoms with Crippen molar-refractivity contribution in [2.45, 2.75) is 51.6 Å². The van der Waals surface area contributed by atoms with Crippen molar-refractivity contribution >= 4 is 39.1 Å². The van der Waals surface area contributed by atoms with Crippen molar-refractivity contribution in [1.82, 2.24) is 10.2 Å². The summed E-state index contributed by atoms with van der Waals surface area (Å²) in [6.45, 7) is 7.26. The lowest BCUT2D eigenvalue weighted by atomic mass is 10.1. The van der Waals surface area contributed by atoms with E-state index in [0.717, 1.165) is 4.31 Å². The summed E-state index contributed by atoms with van der Waals surface area (Å²) in [5.41, 5.74) is 1.45. The molecular formula is C30H35ClFN3O4S. The van der Waals surface area contributed by atoms with Gasteiger partial charge >= 0.3 is 0 Å². The number of rotatable bonds is 12. The second kappa shape index (κ2) is 13.8. The lowest BCUT2D eigenvalue weighted by Crippen LogP contribution is -2.52. The number of amides is 2. The molecule has 2 amide bonds. The number of hydrogen-bond donors (Lipinski definition) is 1. The summed E-state index contributed by atoms with van der Waals surface area (Å²) >= 11 is 6.25. The van der Waals surface area contributed by atoms with Crippen LogP contribution < -0.4 is 9.62 Å². The summed E-state index contributed by atoms with van der Waals surface area (Å²) in [4.78, 5) is 28.6. The second-order valence-electron chi connectivity index (χ2n) is 9.97. The van der Waals surface area contributed by atoms with Crippen LogP contribution in [-0.2, 0) is 26.2 Å². The van der Waals surface area contributed by atoms with Gasteiger partial charge in [-0.05, 0) is 66.8 Å². The maximum absolute atomic E-state index is 14.0. The number of halogens is 2. The second-order valence-corrected chi connectivity index (χ2v) is 12.3. The highest BCUT2D eigenvalue weighted by Gasteiger charge is 2.34. The van der Waals surface area contributed by atoms with Crippen LogP contribution in [0, 0.1) is 18.7 Å². The number of sulfonamides is 1. The molecule has 0 spiro atoms. The largest absolute Gasteiger partial charge is 0.354 e. The molecule has 3 rings (SSSR count). The van der Waals surface area contributed by atoms with Crippen molar-refractivity contribution < 1.29 is 22.4 Å². The smallest absolute Gasteiger partial charge is 0.264 e. The van der Waals surface area contributed by atoms with Crippen molar-refractivity contribution in [3.05, 3.63) is 94.8 Å². The summed E-state index contributed by atoms with van der Waals surface area (Å²) in [6.07, 6.45) is 0.290. The normalized spacial score (nSPS) is 12.2. The highest BCUT2D eigenvalue weighted by molar-refractivity contribution is 7.92. The first-order valence-electron chi connectivity index (χ1n) is 13.1. The minimum Gasteiger partial charge on any atom is -0.354 e. The molecule has 0 unspecified atom stereocenters. The maximum atomic E-state index is 14.0. The molecule has 1 N–H and O–H groups in total. The van der Waals surface area contributed by atoms with Gasteiger partial charge in [-0.15, -0.1) is 0 Å². The van der Waals surface area contributed by atoms with E-state index in [1.807, 2.05) is 13.8 Å². The minimum atomic E-state index is -4.20. The molecule has 0 heterocycles. The van der Waals surface area contributed by atoms with Crippen LogP contribution in [0.2, 0.25) is 5.02 Å². The molecule has 3 aromatic rings. The molecule has 3 aromatic carbocycles. The van der Waals surface area contributed by atoms with Crippen LogP contribution in [0.1, 0.15) is 38.3 Å². The molecule has 0 fully saturated rings. The average molecular weight is 588 g/mol. The molecule has 7 nitrogen and oxygen atoms in total. The van der Waals surface area contributed by atoms with E-state index in [2.05, 4.69) is 5.32 Å². The lowest BCUT2D eigenvalue weighted by Gasteiger charge is -2.33. The van der Waals surface area contributed by atoms with Crippen LogP contribution in [-0.4, -0.2) is 44.3 Å². The number of aryl methyl sites for hydroxylation is 1. The van der Waals surface area contributed by atoms with E-state index in [-0.39, 0.29) is 29.0 Å². The van der Waals surface area contributed by atoms with Crippen molar-refractivity contribution in [3.8, 4) is 0 Å². The molecule has 214 valence electrons. The summed E-state index contributed by atoms with van der Waals surface area (Å²) in [5, 5.41) is 3.19. The van der Waals surface area contributed by atoms with E-state index in [0.29, 0.717) is 29.1 Å². The fourth-order valence-corrected chi connectivity index (χ4v) is 5.87. The van der Waals surface area contributed by atoms with Crippen LogP contribution in [0.3, 0.4) is 0 Å². The Labute approximate surface area is 241 Å². The monoisotopic (exact) mass is 587 g/mol. The zero-order chi connectivity index (χ0) is 29.4. The third kappa shape index (κ3) is 7.82. The van der Waals surface area contributed by atoms with E-state index >= 15 is 0 Å². The Hall–Kier alpha value is -3.43. The number of nitrogens with zero attached hydrogens (tertiary/aromatic N) is 2. The van der Waals surface area contributed by atoms with Gasteiger partial charge in [0.2, 0.25) is 11.8 Å². The van der Waals surface area contributed by atoms with Gasteiger partial charge in [-0.3, -0.25) is 13.9 Å². The van der Waals surface area contributed by atoms with Crippen molar-refractivity contribution in [3.63, 3.8) is 0 Å². The van der Waals surface area contributed by atoms with Crippen LogP contribution in [0.5, 0.6) is 0 Å². The molecule has 0 aliphatic carbocycles. The Morgan fingerprint density at radius 2 is 1.65 bits per heavy atom. The molecule has 0 saturated carbocycles. The van der Waals surface area contributed by atoms with Gasteiger partial charge in [-0.1, -0.05) is 68.8 Å². The molecular weight excluding hydrogens is 553 g/mol. The van der Waals surface area contributed by atoms with Crippen molar-refractivity contribution in [2.75, 3.05) is 17.4 Å². The fourth-order valence-electron chi connectivity index (χ4n) is 4.21. The molecule has 0 aromatic heterocycles. The van der Waals surface area contributed by atoms with E-state index in [9.17, 15) is 22.4 Å². The molecule has 0 aliphatic heterocycles. The third-order valence-electron chi connectivity index (χ3n) is 6.39. The Balaban J connectivity index is 2.07. The standard InChI is InChI=1S/C30H35ClFN3O4S/c1-5-27(30(37)33-18-21(2)3)34(19-23-12-15-25(32)16-13-23)29(36)20-35(28-17-24(31)14-11-22(28)4)40(38,39)26-9-7-6-8-10-26/h6-17,21,27H,5,18-20H2,1-4H3,(H,33,37)/t27-/m0/s1. The predicted octanol–water partition coefficient (Wildman–Crippen LogP) is 5.56. The summed E-state index contributed by atoms with van der Waals surface area (Å²) in [6, 6.07) is 17.4. The van der Waals surface area contributed by atoms with Crippen LogP contribution in [0.25, 0.3) is 0 Å². The maximum Gasteiger partial charge on any atom is 0.264 e.